The molecule has 0 atom stereocenters. The van der Waals surface area contributed by atoms with Crippen molar-refractivity contribution in [1.82, 2.24) is 5.32 Å². The van der Waals surface area contributed by atoms with Crippen molar-refractivity contribution in [3.8, 4) is 0 Å². The van der Waals surface area contributed by atoms with Crippen LogP contribution in [0.15, 0.2) is 78.9 Å². The highest BCUT2D eigenvalue weighted by atomic mass is 19.4. The van der Waals surface area contributed by atoms with Gasteiger partial charge in [0.15, 0.2) is 0 Å². The number of anilines is 1. The quantitative estimate of drug-likeness (QED) is 0.643. The van der Waals surface area contributed by atoms with Gasteiger partial charge in [0.2, 0.25) is 0 Å². The van der Waals surface area contributed by atoms with Crippen LogP contribution in [0.1, 0.15) is 31.8 Å². The monoisotopic (exact) mass is 398 g/mol. The van der Waals surface area contributed by atoms with Crippen molar-refractivity contribution in [3.05, 3.63) is 101 Å². The Hall–Kier alpha value is -3.61. The molecule has 0 fully saturated rings. The van der Waals surface area contributed by atoms with Crippen LogP contribution in [0.4, 0.5) is 18.9 Å². The molecule has 0 radical (unpaired) electrons. The Labute approximate surface area is 165 Å². The van der Waals surface area contributed by atoms with Gasteiger partial charge in [-0.05, 0) is 42.0 Å². The maximum Gasteiger partial charge on any atom is 0.418 e. The van der Waals surface area contributed by atoms with E-state index in [0.717, 1.165) is 11.6 Å². The Balaban J connectivity index is 1.66. The van der Waals surface area contributed by atoms with E-state index in [1.807, 2.05) is 30.3 Å². The minimum absolute atomic E-state index is 0.140. The van der Waals surface area contributed by atoms with Crippen molar-refractivity contribution in [3.63, 3.8) is 0 Å². The van der Waals surface area contributed by atoms with Crippen LogP contribution >= 0.6 is 0 Å². The van der Waals surface area contributed by atoms with Crippen molar-refractivity contribution in [2.45, 2.75) is 12.7 Å². The second-order valence-corrected chi connectivity index (χ2v) is 6.24. The van der Waals surface area contributed by atoms with Crippen LogP contribution in [-0.4, -0.2) is 11.8 Å². The summed E-state index contributed by atoms with van der Waals surface area (Å²) >= 11 is 0. The summed E-state index contributed by atoms with van der Waals surface area (Å²) in [7, 11) is 0. The molecular weight excluding hydrogens is 381 g/mol. The Morgan fingerprint density at radius 3 is 1.90 bits per heavy atom. The van der Waals surface area contributed by atoms with Gasteiger partial charge < -0.3 is 10.6 Å². The lowest BCUT2D eigenvalue weighted by molar-refractivity contribution is -0.136. The average molecular weight is 398 g/mol. The van der Waals surface area contributed by atoms with E-state index in [0.29, 0.717) is 12.1 Å². The molecule has 0 unspecified atom stereocenters. The third-order valence-electron chi connectivity index (χ3n) is 4.19. The zero-order valence-electron chi connectivity index (χ0n) is 15.2. The minimum atomic E-state index is -4.58. The summed E-state index contributed by atoms with van der Waals surface area (Å²) in [5.41, 5.74) is 0.176. The van der Waals surface area contributed by atoms with Crippen molar-refractivity contribution in [1.29, 1.82) is 0 Å². The predicted octanol–water partition coefficient (Wildman–Crippen LogP) is 4.89. The van der Waals surface area contributed by atoms with Gasteiger partial charge in [0.1, 0.15) is 0 Å². The van der Waals surface area contributed by atoms with Crippen LogP contribution < -0.4 is 10.6 Å². The third kappa shape index (κ3) is 5.22. The van der Waals surface area contributed by atoms with Gasteiger partial charge in [-0.3, -0.25) is 9.59 Å². The Kier molecular flexibility index (Phi) is 5.97. The number of alkyl halides is 3. The molecule has 2 amide bonds. The second kappa shape index (κ2) is 8.60. The molecule has 0 heterocycles. The zero-order chi connectivity index (χ0) is 20.9. The molecule has 148 valence electrons. The van der Waals surface area contributed by atoms with Crippen molar-refractivity contribution < 1.29 is 22.8 Å². The Morgan fingerprint density at radius 1 is 0.724 bits per heavy atom. The van der Waals surface area contributed by atoms with E-state index in [-0.39, 0.29) is 17.2 Å². The number of carbonyl (C=O) groups excluding carboxylic acids is 2. The van der Waals surface area contributed by atoms with Crippen molar-refractivity contribution in [2.24, 2.45) is 0 Å². The number of benzene rings is 3. The number of hydrogen-bond donors (Lipinski definition) is 2. The number of halogens is 3. The molecule has 0 bridgehead atoms. The molecular formula is C22H17F3N2O2. The summed E-state index contributed by atoms with van der Waals surface area (Å²) in [5.74, 6) is -1.01. The third-order valence-corrected chi connectivity index (χ3v) is 4.19. The first kappa shape index (κ1) is 20.1. The Bertz CT molecular complexity index is 1000. The molecule has 3 aromatic rings. The first-order valence-corrected chi connectivity index (χ1v) is 8.74. The fraction of sp³-hybridized carbons (Fsp3) is 0.0909. The van der Waals surface area contributed by atoms with E-state index < -0.39 is 17.6 Å². The van der Waals surface area contributed by atoms with E-state index in [4.69, 9.17) is 0 Å². The minimum Gasteiger partial charge on any atom is -0.348 e. The van der Waals surface area contributed by atoms with Gasteiger partial charge in [-0.1, -0.05) is 42.5 Å². The summed E-state index contributed by atoms with van der Waals surface area (Å²) in [5, 5.41) is 5.03. The normalized spacial score (nSPS) is 11.0. The predicted molar refractivity (Wildman–Crippen MR) is 103 cm³/mol. The highest BCUT2D eigenvalue weighted by Gasteiger charge is 2.33. The molecule has 0 spiro atoms. The molecule has 29 heavy (non-hydrogen) atoms. The first-order valence-electron chi connectivity index (χ1n) is 8.74. The van der Waals surface area contributed by atoms with E-state index in [2.05, 4.69) is 10.6 Å². The van der Waals surface area contributed by atoms with Crippen molar-refractivity contribution >= 4 is 17.5 Å². The second-order valence-electron chi connectivity index (χ2n) is 6.24. The number of rotatable bonds is 5. The highest BCUT2D eigenvalue weighted by Crippen LogP contribution is 2.34. The molecule has 0 aromatic heterocycles. The number of para-hydroxylation sites is 1. The zero-order valence-corrected chi connectivity index (χ0v) is 15.2. The summed E-state index contributed by atoms with van der Waals surface area (Å²) in [6, 6.07) is 19.8. The number of amides is 2. The van der Waals surface area contributed by atoms with Crippen LogP contribution in [0.2, 0.25) is 0 Å². The molecule has 0 aliphatic carbocycles. The van der Waals surface area contributed by atoms with Gasteiger partial charge in [0.25, 0.3) is 11.8 Å². The van der Waals surface area contributed by atoms with Crippen LogP contribution in [-0.2, 0) is 12.7 Å². The van der Waals surface area contributed by atoms with E-state index in [9.17, 15) is 22.8 Å². The lowest BCUT2D eigenvalue weighted by Gasteiger charge is -2.13. The number of hydrogen-bond acceptors (Lipinski definition) is 2. The molecule has 3 rings (SSSR count). The standard InChI is InChI=1S/C22H17F3N2O2/c23-22(24,25)18-8-4-5-9-19(18)27-21(29)17-12-10-16(11-13-17)20(28)26-14-15-6-2-1-3-7-15/h1-13H,14H2,(H,26,28)(H,27,29). The van der Waals surface area contributed by atoms with Crippen LogP contribution in [0.3, 0.4) is 0 Å². The summed E-state index contributed by atoms with van der Waals surface area (Å²) in [6.45, 7) is 0.357. The molecule has 0 saturated heterocycles. The van der Waals surface area contributed by atoms with Gasteiger partial charge >= 0.3 is 6.18 Å². The van der Waals surface area contributed by atoms with Gasteiger partial charge in [0.05, 0.1) is 11.3 Å². The maximum absolute atomic E-state index is 13.0. The number of carbonyl (C=O) groups is 2. The van der Waals surface area contributed by atoms with E-state index in [1.54, 1.807) is 0 Å². The van der Waals surface area contributed by atoms with Gasteiger partial charge in [-0.15, -0.1) is 0 Å². The molecule has 2 N–H and O–H groups in total. The SMILES string of the molecule is O=C(NCc1ccccc1)c1ccc(C(=O)Nc2ccccc2C(F)(F)F)cc1. The van der Waals surface area contributed by atoms with Gasteiger partial charge in [0, 0.05) is 17.7 Å². The topological polar surface area (TPSA) is 58.2 Å². The van der Waals surface area contributed by atoms with Crippen LogP contribution in [0, 0.1) is 0 Å². The molecule has 3 aromatic carbocycles. The lowest BCUT2D eigenvalue weighted by Crippen LogP contribution is -2.23. The molecule has 0 aliphatic rings. The van der Waals surface area contributed by atoms with Gasteiger partial charge in [-0.25, -0.2) is 0 Å². The number of nitrogens with one attached hydrogen (secondary N) is 2. The summed E-state index contributed by atoms with van der Waals surface area (Å²) in [4.78, 5) is 24.5. The summed E-state index contributed by atoms with van der Waals surface area (Å²) in [6.07, 6.45) is -4.58. The largest absolute Gasteiger partial charge is 0.418 e. The van der Waals surface area contributed by atoms with Crippen LogP contribution in [0.25, 0.3) is 0 Å². The fourth-order valence-corrected chi connectivity index (χ4v) is 2.69. The van der Waals surface area contributed by atoms with Gasteiger partial charge in [-0.2, -0.15) is 13.2 Å². The van der Waals surface area contributed by atoms with Crippen LogP contribution in [0.5, 0.6) is 0 Å². The highest BCUT2D eigenvalue weighted by molar-refractivity contribution is 6.05. The molecule has 4 nitrogen and oxygen atoms in total. The first-order chi connectivity index (χ1) is 13.8. The summed E-state index contributed by atoms with van der Waals surface area (Å²) < 4.78 is 39.1. The van der Waals surface area contributed by atoms with E-state index in [1.165, 1.54) is 42.5 Å². The lowest BCUT2D eigenvalue weighted by atomic mass is 10.1. The Morgan fingerprint density at radius 2 is 1.28 bits per heavy atom. The average Bonchev–Trinajstić information content (AvgIpc) is 2.72. The molecule has 7 heteroatoms. The fourth-order valence-electron chi connectivity index (χ4n) is 2.69. The smallest absolute Gasteiger partial charge is 0.348 e. The van der Waals surface area contributed by atoms with Crippen molar-refractivity contribution in [2.75, 3.05) is 5.32 Å². The molecule has 0 aliphatic heterocycles. The van der Waals surface area contributed by atoms with E-state index >= 15 is 0 Å². The maximum atomic E-state index is 13.0. The molecule has 0 saturated carbocycles.